The predicted molar refractivity (Wildman–Crippen MR) is 64.8 cm³/mol. The summed E-state index contributed by atoms with van der Waals surface area (Å²) >= 11 is 5.54. The molecule has 0 atom stereocenters. The van der Waals surface area contributed by atoms with Crippen molar-refractivity contribution < 1.29 is 9.18 Å². The molecule has 0 unspecified atom stereocenters. The number of benzene rings is 1. The van der Waals surface area contributed by atoms with E-state index in [0.717, 1.165) is 6.07 Å². The first-order chi connectivity index (χ1) is 8.97. The van der Waals surface area contributed by atoms with Crippen LogP contribution in [0.2, 0.25) is 5.02 Å². The highest BCUT2D eigenvalue weighted by molar-refractivity contribution is 6.31. The van der Waals surface area contributed by atoms with Gasteiger partial charge in [0.2, 0.25) is 5.69 Å². The van der Waals surface area contributed by atoms with E-state index in [4.69, 9.17) is 11.6 Å². The lowest BCUT2D eigenvalue weighted by molar-refractivity contribution is 0.101. The molecular formula is C10H6ClFN4O3. The number of hydrogen-bond acceptors (Lipinski definition) is 4. The second kappa shape index (κ2) is 5.02. The fraction of sp³-hybridized carbons (Fsp3) is 0. The van der Waals surface area contributed by atoms with Crippen LogP contribution in [0.5, 0.6) is 0 Å². The van der Waals surface area contributed by atoms with E-state index in [9.17, 15) is 18.8 Å². The predicted octanol–water partition coefficient (Wildman–Crippen LogP) is 0.503. The van der Waals surface area contributed by atoms with Crippen LogP contribution in [0.1, 0.15) is 10.5 Å². The van der Waals surface area contributed by atoms with E-state index in [1.807, 2.05) is 10.1 Å². The number of aromatic amines is 2. The Morgan fingerprint density at radius 3 is 2.74 bits per heavy atom. The third-order valence-corrected chi connectivity index (χ3v) is 2.39. The van der Waals surface area contributed by atoms with Gasteiger partial charge in [0.05, 0.1) is 5.02 Å². The SMILES string of the molecule is O=C(Nc1ccc(F)c(Cl)c1)c1n[nH]c(=O)[nH]c1=O. The topological polar surface area (TPSA) is 108 Å². The van der Waals surface area contributed by atoms with Crippen LogP contribution in [-0.4, -0.2) is 21.1 Å². The molecule has 0 aliphatic carbocycles. The number of anilines is 1. The van der Waals surface area contributed by atoms with Crippen molar-refractivity contribution in [3.8, 4) is 0 Å². The lowest BCUT2D eigenvalue weighted by atomic mass is 10.3. The van der Waals surface area contributed by atoms with Crippen molar-refractivity contribution in [3.05, 3.63) is 55.6 Å². The van der Waals surface area contributed by atoms with Gasteiger partial charge in [-0.05, 0) is 18.2 Å². The summed E-state index contributed by atoms with van der Waals surface area (Å²) in [5.74, 6) is -1.50. The molecule has 98 valence electrons. The minimum absolute atomic E-state index is 0.180. The zero-order valence-electron chi connectivity index (χ0n) is 9.16. The quantitative estimate of drug-likeness (QED) is 0.746. The third-order valence-electron chi connectivity index (χ3n) is 2.10. The molecule has 7 nitrogen and oxygen atoms in total. The van der Waals surface area contributed by atoms with Gasteiger partial charge in [0.1, 0.15) is 5.82 Å². The van der Waals surface area contributed by atoms with Gasteiger partial charge in [0.15, 0.2) is 0 Å². The Kier molecular flexibility index (Phi) is 3.43. The Bertz CT molecular complexity index is 755. The van der Waals surface area contributed by atoms with Gasteiger partial charge in [-0.15, -0.1) is 0 Å². The molecule has 3 N–H and O–H groups in total. The number of rotatable bonds is 2. The molecule has 2 aromatic rings. The number of aromatic nitrogens is 3. The van der Waals surface area contributed by atoms with Gasteiger partial charge in [-0.3, -0.25) is 14.6 Å². The molecule has 0 aliphatic heterocycles. The monoisotopic (exact) mass is 284 g/mol. The number of nitrogens with zero attached hydrogens (tertiary/aromatic N) is 1. The summed E-state index contributed by atoms with van der Waals surface area (Å²) in [7, 11) is 0. The summed E-state index contributed by atoms with van der Waals surface area (Å²) in [5.41, 5.74) is -2.11. The summed E-state index contributed by atoms with van der Waals surface area (Å²) in [4.78, 5) is 35.6. The van der Waals surface area contributed by atoms with Gasteiger partial charge in [0.25, 0.3) is 11.5 Å². The Balaban J connectivity index is 2.28. The number of halogens is 2. The molecule has 0 saturated carbocycles. The van der Waals surface area contributed by atoms with Crippen molar-refractivity contribution >= 4 is 23.2 Å². The van der Waals surface area contributed by atoms with E-state index < -0.39 is 28.7 Å². The molecule has 9 heteroatoms. The molecule has 1 amide bonds. The van der Waals surface area contributed by atoms with Crippen LogP contribution in [0, 0.1) is 5.82 Å². The van der Waals surface area contributed by atoms with Crippen molar-refractivity contribution in [1.82, 2.24) is 15.2 Å². The molecule has 0 aliphatic rings. The average molecular weight is 285 g/mol. The van der Waals surface area contributed by atoms with E-state index in [0.29, 0.717) is 0 Å². The summed E-state index contributed by atoms with van der Waals surface area (Å²) in [5, 5.41) is 7.35. The number of carbonyl (C=O) groups is 1. The summed E-state index contributed by atoms with van der Waals surface area (Å²) in [6.07, 6.45) is 0. The highest BCUT2D eigenvalue weighted by Crippen LogP contribution is 2.19. The van der Waals surface area contributed by atoms with Crippen LogP contribution in [0.15, 0.2) is 27.8 Å². The maximum atomic E-state index is 12.9. The number of H-pyrrole nitrogens is 2. The first-order valence-electron chi connectivity index (χ1n) is 4.93. The van der Waals surface area contributed by atoms with Crippen LogP contribution in [0.3, 0.4) is 0 Å². The van der Waals surface area contributed by atoms with Gasteiger partial charge in [-0.2, -0.15) is 5.10 Å². The molecule has 1 aromatic carbocycles. The molecule has 2 rings (SSSR count). The van der Waals surface area contributed by atoms with Gasteiger partial charge in [0, 0.05) is 5.69 Å². The summed E-state index contributed by atoms with van der Waals surface area (Å²) in [6.45, 7) is 0. The third kappa shape index (κ3) is 2.86. The van der Waals surface area contributed by atoms with Crippen LogP contribution in [-0.2, 0) is 0 Å². The Morgan fingerprint density at radius 1 is 1.37 bits per heavy atom. The molecule has 0 bridgehead atoms. The van der Waals surface area contributed by atoms with Gasteiger partial charge >= 0.3 is 5.69 Å². The van der Waals surface area contributed by atoms with Crippen LogP contribution >= 0.6 is 11.6 Å². The van der Waals surface area contributed by atoms with Crippen LogP contribution < -0.4 is 16.6 Å². The normalized spacial score (nSPS) is 10.2. The second-order valence-corrected chi connectivity index (χ2v) is 3.85. The van der Waals surface area contributed by atoms with Crippen LogP contribution in [0.4, 0.5) is 10.1 Å². The minimum atomic E-state index is -0.936. The largest absolute Gasteiger partial charge is 0.342 e. The maximum Gasteiger partial charge on any atom is 0.342 e. The number of amides is 1. The maximum absolute atomic E-state index is 12.9. The Morgan fingerprint density at radius 2 is 2.11 bits per heavy atom. The minimum Gasteiger partial charge on any atom is -0.320 e. The lowest BCUT2D eigenvalue weighted by Gasteiger charge is -2.04. The van der Waals surface area contributed by atoms with E-state index in [1.165, 1.54) is 12.1 Å². The molecule has 0 fully saturated rings. The zero-order chi connectivity index (χ0) is 14.0. The Labute approximate surface area is 109 Å². The number of carbonyl (C=O) groups excluding carboxylic acids is 1. The van der Waals surface area contributed by atoms with Crippen molar-refractivity contribution in [3.63, 3.8) is 0 Å². The fourth-order valence-corrected chi connectivity index (χ4v) is 1.45. The number of nitrogens with one attached hydrogen (secondary N) is 3. The van der Waals surface area contributed by atoms with E-state index in [2.05, 4.69) is 10.4 Å². The average Bonchev–Trinajstić information content (AvgIpc) is 2.33. The van der Waals surface area contributed by atoms with Crippen molar-refractivity contribution in [1.29, 1.82) is 0 Å². The smallest absolute Gasteiger partial charge is 0.320 e. The highest BCUT2D eigenvalue weighted by atomic mass is 35.5. The van der Waals surface area contributed by atoms with E-state index in [1.54, 1.807) is 0 Å². The first-order valence-corrected chi connectivity index (χ1v) is 5.30. The van der Waals surface area contributed by atoms with Crippen LogP contribution in [0.25, 0.3) is 0 Å². The standard InChI is InChI=1S/C10H6ClFN4O3/c11-5-3-4(1-2-6(5)12)13-8(17)7-9(18)14-10(19)16-15-7/h1-3H,(H,13,17)(H2,14,16,18,19). The Hall–Kier alpha value is -2.48. The second-order valence-electron chi connectivity index (χ2n) is 3.44. The van der Waals surface area contributed by atoms with E-state index in [-0.39, 0.29) is 10.7 Å². The summed E-state index contributed by atoms with van der Waals surface area (Å²) < 4.78 is 12.9. The first kappa shape index (κ1) is 13.0. The molecular weight excluding hydrogens is 279 g/mol. The van der Waals surface area contributed by atoms with Gasteiger partial charge in [-0.1, -0.05) is 11.6 Å². The van der Waals surface area contributed by atoms with Crippen molar-refractivity contribution in [2.24, 2.45) is 0 Å². The fourth-order valence-electron chi connectivity index (χ4n) is 1.27. The lowest BCUT2D eigenvalue weighted by Crippen LogP contribution is -2.32. The van der Waals surface area contributed by atoms with Crippen molar-refractivity contribution in [2.75, 3.05) is 5.32 Å². The molecule has 0 spiro atoms. The van der Waals surface area contributed by atoms with Crippen molar-refractivity contribution in [2.45, 2.75) is 0 Å². The molecule has 1 heterocycles. The van der Waals surface area contributed by atoms with Gasteiger partial charge < -0.3 is 5.32 Å². The zero-order valence-corrected chi connectivity index (χ0v) is 9.92. The molecule has 0 saturated heterocycles. The molecule has 0 radical (unpaired) electrons. The number of hydrogen-bond donors (Lipinski definition) is 3. The molecule has 1 aromatic heterocycles. The summed E-state index contributed by atoms with van der Waals surface area (Å²) in [6, 6.07) is 3.50. The van der Waals surface area contributed by atoms with E-state index >= 15 is 0 Å². The highest BCUT2D eigenvalue weighted by Gasteiger charge is 2.13. The molecule has 19 heavy (non-hydrogen) atoms. The van der Waals surface area contributed by atoms with Gasteiger partial charge in [-0.25, -0.2) is 14.3 Å².